The minimum Gasteiger partial charge on any atom is -0.344 e. The molecule has 1 heterocycles. The molecule has 7 rings (SSSR count). The second-order valence-electron chi connectivity index (χ2n) is 8.54. The van der Waals surface area contributed by atoms with Crippen LogP contribution >= 0.6 is 92.8 Å². The quantitative estimate of drug-likeness (QED) is 0.288. The highest BCUT2D eigenvalue weighted by atomic mass is 35.5. The van der Waals surface area contributed by atoms with Crippen LogP contribution in [0.2, 0.25) is 0 Å². The summed E-state index contributed by atoms with van der Waals surface area (Å²) in [7, 11) is 0. The second kappa shape index (κ2) is 6.13. The number of halogens is 8. The van der Waals surface area contributed by atoms with Crippen molar-refractivity contribution in [2.75, 3.05) is 13.2 Å². The summed E-state index contributed by atoms with van der Waals surface area (Å²) in [5, 5.41) is -0.549. The number of hydrogen-bond donors (Lipinski definition) is 0. The van der Waals surface area contributed by atoms with Gasteiger partial charge in [0.05, 0.1) is 40.1 Å². The SMILES string of the molecule is O=C1[C@H]2[C@H]([C@@H]3C=C[C@@H]1[C@@]1(Cl)C(Cl)=C(Cl)C(=O)[C@]31Cl)[C@]1(Cl)C(Cl)=C(Cl)[C@]2(Cl)C12OCCO2. The van der Waals surface area contributed by atoms with Gasteiger partial charge in [0.25, 0.3) is 0 Å². The molecule has 0 N–H and O–H groups in total. The highest BCUT2D eigenvalue weighted by Crippen LogP contribution is 2.80. The van der Waals surface area contributed by atoms with Gasteiger partial charge in [-0.05, 0) is 0 Å². The maximum atomic E-state index is 14.1. The third kappa shape index (κ3) is 1.84. The zero-order valence-electron chi connectivity index (χ0n) is 15.0. The van der Waals surface area contributed by atoms with Gasteiger partial charge in [0.2, 0.25) is 5.79 Å². The third-order valence-electron chi connectivity index (χ3n) is 7.70. The molecule has 0 radical (unpaired) electrons. The number of carbonyl (C=O) groups is 2. The molecule has 1 saturated heterocycles. The Hall–Kier alpha value is 0.800. The molecule has 0 aromatic heterocycles. The maximum absolute atomic E-state index is 14.1. The van der Waals surface area contributed by atoms with E-state index in [-0.39, 0.29) is 33.3 Å². The summed E-state index contributed by atoms with van der Waals surface area (Å²) in [5.74, 6) is -6.93. The van der Waals surface area contributed by atoms with E-state index < -0.39 is 60.5 Å². The topological polar surface area (TPSA) is 52.6 Å². The Labute approximate surface area is 216 Å². The molecule has 2 saturated carbocycles. The first-order valence-corrected chi connectivity index (χ1v) is 12.3. The van der Waals surface area contributed by atoms with Gasteiger partial charge < -0.3 is 9.47 Å². The monoisotopic (exact) mass is 582 g/mol. The van der Waals surface area contributed by atoms with Crippen molar-refractivity contribution in [1.29, 1.82) is 0 Å². The number of ether oxygens (including phenoxy) is 2. The number of carbonyl (C=O) groups excluding carboxylic acids is 2. The van der Waals surface area contributed by atoms with E-state index >= 15 is 0 Å². The van der Waals surface area contributed by atoms with Crippen molar-refractivity contribution in [3.63, 3.8) is 0 Å². The molecule has 0 aromatic carbocycles. The highest BCUT2D eigenvalue weighted by Gasteiger charge is 2.91. The minimum absolute atomic E-state index is 0.0171. The van der Waals surface area contributed by atoms with Crippen molar-refractivity contribution in [2.24, 2.45) is 23.7 Å². The lowest BCUT2D eigenvalue weighted by Crippen LogP contribution is -2.62. The van der Waals surface area contributed by atoms with Crippen LogP contribution in [0, 0.1) is 23.7 Å². The summed E-state index contributed by atoms with van der Waals surface area (Å²) >= 11 is 54.3. The molecule has 166 valence electrons. The van der Waals surface area contributed by atoms with Crippen LogP contribution in [0.15, 0.2) is 32.3 Å². The van der Waals surface area contributed by atoms with Crippen molar-refractivity contribution in [3.8, 4) is 0 Å². The molecule has 12 heteroatoms. The molecule has 0 aromatic rings. The van der Waals surface area contributed by atoms with Crippen molar-refractivity contribution < 1.29 is 19.1 Å². The first kappa shape index (κ1) is 22.3. The van der Waals surface area contributed by atoms with E-state index in [4.69, 9.17) is 102 Å². The Morgan fingerprint density at radius 1 is 0.774 bits per heavy atom. The van der Waals surface area contributed by atoms with Crippen LogP contribution < -0.4 is 0 Å². The standard InChI is InChI=1S/C19H10Cl8O4/c20-9-11(21)15(24)6-2-1-5(16(15,25)14(9)29)7-8(10(6)28)18(27)13(23)12(22)17(7,26)19(18)30-3-4-31-19/h1-2,5-8H,3-4H2/t5-,6-,7-,8+,15+,16+,17-,18-/m0/s1. The van der Waals surface area contributed by atoms with Gasteiger partial charge >= 0.3 is 0 Å². The van der Waals surface area contributed by atoms with Gasteiger partial charge in [-0.15, -0.1) is 46.4 Å². The maximum Gasteiger partial charge on any atom is 0.218 e. The van der Waals surface area contributed by atoms with Crippen molar-refractivity contribution in [1.82, 2.24) is 0 Å². The summed E-state index contributed by atoms with van der Waals surface area (Å²) < 4.78 is 11.9. The van der Waals surface area contributed by atoms with Gasteiger partial charge in [-0.25, -0.2) is 0 Å². The smallest absolute Gasteiger partial charge is 0.218 e. The zero-order chi connectivity index (χ0) is 22.5. The molecule has 8 atom stereocenters. The van der Waals surface area contributed by atoms with Gasteiger partial charge in [-0.1, -0.05) is 58.6 Å². The summed E-state index contributed by atoms with van der Waals surface area (Å²) in [4.78, 5) is 20.2. The van der Waals surface area contributed by atoms with Gasteiger partial charge in [0.15, 0.2) is 5.78 Å². The average molecular weight is 586 g/mol. The molecule has 3 fully saturated rings. The number of allylic oxidation sites excluding steroid dienone is 4. The van der Waals surface area contributed by atoms with Crippen LogP contribution in [0.3, 0.4) is 0 Å². The molecule has 4 bridgehead atoms. The number of hydrogen-bond acceptors (Lipinski definition) is 4. The van der Waals surface area contributed by atoms with E-state index in [0.29, 0.717) is 0 Å². The number of rotatable bonds is 0. The molecule has 0 unspecified atom stereocenters. The van der Waals surface area contributed by atoms with Crippen LogP contribution in [-0.4, -0.2) is 50.1 Å². The molecule has 0 amide bonds. The number of ketones is 2. The van der Waals surface area contributed by atoms with E-state index in [1.165, 1.54) is 0 Å². The third-order valence-corrected chi connectivity index (χ3v) is 12.9. The fraction of sp³-hybridized carbons (Fsp3) is 0.579. The van der Waals surface area contributed by atoms with E-state index in [9.17, 15) is 9.59 Å². The molecular formula is C19H10Cl8O4. The van der Waals surface area contributed by atoms with Crippen LogP contribution in [0.25, 0.3) is 0 Å². The van der Waals surface area contributed by atoms with E-state index in [2.05, 4.69) is 0 Å². The number of alkyl halides is 4. The molecule has 6 aliphatic carbocycles. The fourth-order valence-corrected chi connectivity index (χ4v) is 10.5. The van der Waals surface area contributed by atoms with Crippen LogP contribution in [0.1, 0.15) is 0 Å². The van der Waals surface area contributed by atoms with Gasteiger partial charge in [0, 0.05) is 11.8 Å². The number of Topliss-reactive ketones (excluding diaryl/α,β-unsaturated/α-hetero) is 2. The first-order valence-electron chi connectivity index (χ1n) is 9.30. The largest absolute Gasteiger partial charge is 0.344 e. The Balaban J connectivity index is 1.69. The molecule has 31 heavy (non-hydrogen) atoms. The summed E-state index contributed by atoms with van der Waals surface area (Å²) in [5.41, 5.74) is 0. The van der Waals surface area contributed by atoms with Gasteiger partial charge in [-0.2, -0.15) is 0 Å². The predicted octanol–water partition coefficient (Wildman–Crippen LogP) is 5.25. The van der Waals surface area contributed by atoms with Gasteiger partial charge in [-0.3, -0.25) is 9.59 Å². The van der Waals surface area contributed by atoms with Gasteiger partial charge in [0.1, 0.15) is 30.3 Å². The molecular weight excluding hydrogens is 576 g/mol. The lowest BCUT2D eigenvalue weighted by atomic mass is 9.66. The van der Waals surface area contributed by atoms with Crippen molar-refractivity contribution in [2.45, 2.75) is 25.3 Å². The Morgan fingerprint density at radius 3 is 1.97 bits per heavy atom. The fourth-order valence-electron chi connectivity index (χ4n) is 6.57. The molecule has 1 aliphatic heterocycles. The Kier molecular flexibility index (Phi) is 4.40. The lowest BCUT2D eigenvalue weighted by molar-refractivity contribution is -0.175. The normalized spacial score (nSPS) is 53.8. The van der Waals surface area contributed by atoms with Crippen molar-refractivity contribution >= 4 is 104 Å². The van der Waals surface area contributed by atoms with Crippen LogP contribution in [0.5, 0.6) is 0 Å². The van der Waals surface area contributed by atoms with E-state index in [0.717, 1.165) is 0 Å². The Morgan fingerprint density at radius 2 is 1.35 bits per heavy atom. The second-order valence-corrected chi connectivity index (χ2v) is 12.4. The average Bonchev–Trinajstić information content (AvgIpc) is 3.32. The molecule has 7 aliphatic rings. The van der Waals surface area contributed by atoms with E-state index in [1.807, 2.05) is 0 Å². The van der Waals surface area contributed by atoms with Crippen LogP contribution in [-0.2, 0) is 19.1 Å². The summed E-state index contributed by atoms with van der Waals surface area (Å²) in [6.07, 6.45) is 3.22. The van der Waals surface area contributed by atoms with E-state index in [1.54, 1.807) is 12.2 Å². The zero-order valence-corrected chi connectivity index (χ0v) is 21.1. The highest BCUT2D eigenvalue weighted by molar-refractivity contribution is 6.63. The minimum atomic E-state index is -1.90. The molecule has 4 nitrogen and oxygen atoms in total. The van der Waals surface area contributed by atoms with Crippen molar-refractivity contribution in [3.05, 3.63) is 32.3 Å². The lowest BCUT2D eigenvalue weighted by Gasteiger charge is -2.48. The molecule has 1 spiro atoms. The Bertz CT molecular complexity index is 1090. The first-order chi connectivity index (χ1) is 14.4. The summed E-state index contributed by atoms with van der Waals surface area (Å²) in [6.45, 7) is 0.330. The predicted molar refractivity (Wildman–Crippen MR) is 120 cm³/mol. The van der Waals surface area contributed by atoms with Crippen LogP contribution in [0.4, 0.5) is 0 Å². The summed E-state index contributed by atoms with van der Waals surface area (Å²) in [6, 6.07) is 0.